The number of nitrogens with one attached hydrogen (secondary N) is 2. The molecule has 6 heteroatoms. The Morgan fingerprint density at radius 1 is 1.31 bits per heavy atom. The average Bonchev–Trinajstić information content (AvgIpc) is 2.59. The summed E-state index contributed by atoms with van der Waals surface area (Å²) in [7, 11) is 0. The molecule has 2 heterocycles. The summed E-state index contributed by atoms with van der Waals surface area (Å²) in [5.41, 5.74) is 11.2. The van der Waals surface area contributed by atoms with Crippen molar-refractivity contribution < 1.29 is 0 Å². The summed E-state index contributed by atoms with van der Waals surface area (Å²) in [5.74, 6) is 0.877. The number of hydrogen-bond donors (Lipinski definition) is 3. The lowest BCUT2D eigenvalue weighted by Gasteiger charge is -2.37. The van der Waals surface area contributed by atoms with Gasteiger partial charge in [-0.25, -0.2) is 9.97 Å². The molecule has 134 valence electrons. The molecule has 0 atom stereocenters. The van der Waals surface area contributed by atoms with Gasteiger partial charge in [-0.3, -0.25) is 0 Å². The van der Waals surface area contributed by atoms with Gasteiger partial charge in [-0.05, 0) is 32.4 Å². The van der Waals surface area contributed by atoms with Crippen LogP contribution < -0.4 is 11.1 Å². The van der Waals surface area contributed by atoms with E-state index >= 15 is 0 Å². The Balaban J connectivity index is 1.94. The average molecular weight is 348 g/mol. The first-order valence-electron chi connectivity index (χ1n) is 8.58. The van der Waals surface area contributed by atoms with Gasteiger partial charge in [-0.15, -0.1) is 0 Å². The minimum absolute atomic E-state index is 0.267. The van der Waals surface area contributed by atoms with Gasteiger partial charge in [0.15, 0.2) is 0 Å². The van der Waals surface area contributed by atoms with Gasteiger partial charge in [0.25, 0.3) is 0 Å². The Labute approximate surface area is 154 Å². The van der Waals surface area contributed by atoms with E-state index in [1.165, 1.54) is 6.33 Å². The molecule has 1 aromatic carbocycles. The van der Waals surface area contributed by atoms with E-state index in [0.29, 0.717) is 29.5 Å². The Hall–Kier alpha value is -3.15. The first kappa shape index (κ1) is 17.7. The quantitative estimate of drug-likeness (QED) is 0.718. The first-order valence-corrected chi connectivity index (χ1v) is 8.58. The van der Waals surface area contributed by atoms with Crippen molar-refractivity contribution in [2.45, 2.75) is 26.8 Å². The second-order valence-electron chi connectivity index (χ2n) is 6.59. The molecule has 4 N–H and O–H groups in total. The van der Waals surface area contributed by atoms with Crippen LogP contribution in [-0.4, -0.2) is 33.2 Å². The standard InChI is InChI=1S/C20H24N6/c1-12(2)26-14(4)17-8-6-5-7-15(17)9-16(26)10-23-20-18(13(3)21)19(22)24-11-25-20/h5-9,11-12,21H,4,10H2,1-3H3,(H3,22,23,24,25). The van der Waals surface area contributed by atoms with E-state index in [9.17, 15) is 0 Å². The van der Waals surface area contributed by atoms with Crippen LogP contribution in [0.25, 0.3) is 11.8 Å². The van der Waals surface area contributed by atoms with Gasteiger partial charge in [-0.1, -0.05) is 30.8 Å². The van der Waals surface area contributed by atoms with Crippen molar-refractivity contribution in [2.75, 3.05) is 17.6 Å². The third-order valence-electron chi connectivity index (χ3n) is 4.40. The highest BCUT2D eigenvalue weighted by Gasteiger charge is 2.24. The van der Waals surface area contributed by atoms with E-state index in [1.807, 2.05) is 12.1 Å². The fourth-order valence-corrected chi connectivity index (χ4v) is 3.29. The summed E-state index contributed by atoms with van der Waals surface area (Å²) in [5, 5.41) is 11.3. The summed E-state index contributed by atoms with van der Waals surface area (Å²) < 4.78 is 0. The second-order valence-corrected chi connectivity index (χ2v) is 6.59. The van der Waals surface area contributed by atoms with E-state index in [4.69, 9.17) is 11.1 Å². The van der Waals surface area contributed by atoms with E-state index in [2.05, 4.69) is 58.8 Å². The van der Waals surface area contributed by atoms with Gasteiger partial charge in [-0.2, -0.15) is 0 Å². The molecule has 3 rings (SSSR count). The number of rotatable bonds is 5. The van der Waals surface area contributed by atoms with Gasteiger partial charge in [0.05, 0.1) is 12.1 Å². The van der Waals surface area contributed by atoms with Crippen molar-refractivity contribution in [1.29, 1.82) is 5.41 Å². The number of fused-ring (bicyclic) bond motifs is 1. The molecule has 1 aliphatic heterocycles. The number of nitrogens with two attached hydrogens (primary N) is 1. The smallest absolute Gasteiger partial charge is 0.140 e. The summed E-state index contributed by atoms with van der Waals surface area (Å²) in [6, 6.07) is 8.51. The fourth-order valence-electron chi connectivity index (χ4n) is 3.29. The van der Waals surface area contributed by atoms with Crippen molar-refractivity contribution >= 4 is 29.1 Å². The molecule has 0 amide bonds. The van der Waals surface area contributed by atoms with Crippen LogP contribution in [0.3, 0.4) is 0 Å². The predicted molar refractivity (Wildman–Crippen MR) is 108 cm³/mol. The molecule has 0 unspecified atom stereocenters. The fraction of sp³-hybridized carbons (Fsp3) is 0.250. The number of benzene rings is 1. The van der Waals surface area contributed by atoms with Crippen molar-refractivity contribution in [1.82, 2.24) is 14.9 Å². The first-order chi connectivity index (χ1) is 12.4. The molecule has 0 fully saturated rings. The van der Waals surface area contributed by atoms with Crippen LogP contribution in [0.15, 0.2) is 42.9 Å². The molecule has 0 radical (unpaired) electrons. The molecule has 0 saturated heterocycles. The van der Waals surface area contributed by atoms with Crippen molar-refractivity contribution in [3.8, 4) is 0 Å². The zero-order valence-electron chi connectivity index (χ0n) is 15.4. The zero-order chi connectivity index (χ0) is 18.8. The molecule has 2 aromatic rings. The number of aromatic nitrogens is 2. The molecule has 1 aliphatic rings. The summed E-state index contributed by atoms with van der Waals surface area (Å²) in [6.45, 7) is 10.8. The van der Waals surface area contributed by atoms with Gasteiger partial charge in [0.1, 0.15) is 18.0 Å². The minimum Gasteiger partial charge on any atom is -0.383 e. The van der Waals surface area contributed by atoms with Crippen molar-refractivity contribution in [3.63, 3.8) is 0 Å². The minimum atomic E-state index is 0.267. The van der Waals surface area contributed by atoms with Gasteiger partial charge in [0, 0.05) is 28.7 Å². The van der Waals surface area contributed by atoms with Crippen molar-refractivity contribution in [2.24, 2.45) is 0 Å². The highest BCUT2D eigenvalue weighted by atomic mass is 15.2. The van der Waals surface area contributed by atoms with Crippen LogP contribution in [0, 0.1) is 5.41 Å². The highest BCUT2D eigenvalue weighted by Crippen LogP contribution is 2.34. The van der Waals surface area contributed by atoms with Crippen LogP contribution in [-0.2, 0) is 0 Å². The topological polar surface area (TPSA) is 90.9 Å². The molecule has 1 aromatic heterocycles. The Morgan fingerprint density at radius 2 is 2.04 bits per heavy atom. The lowest BCUT2D eigenvalue weighted by molar-refractivity contribution is 0.403. The van der Waals surface area contributed by atoms with E-state index in [-0.39, 0.29) is 6.04 Å². The lowest BCUT2D eigenvalue weighted by atomic mass is 9.97. The lowest BCUT2D eigenvalue weighted by Crippen LogP contribution is -2.33. The summed E-state index contributed by atoms with van der Waals surface area (Å²) in [4.78, 5) is 10.5. The molecule has 6 nitrogen and oxygen atoms in total. The molecule has 26 heavy (non-hydrogen) atoms. The van der Waals surface area contributed by atoms with Crippen LogP contribution in [0.1, 0.15) is 37.5 Å². The number of nitrogen functional groups attached to an aromatic ring is 1. The maximum absolute atomic E-state index is 7.94. The molecule has 0 aliphatic carbocycles. The number of anilines is 2. The number of nitrogens with zero attached hydrogens (tertiary/aromatic N) is 3. The maximum Gasteiger partial charge on any atom is 0.140 e. The van der Waals surface area contributed by atoms with E-state index < -0.39 is 0 Å². The molecular weight excluding hydrogens is 324 g/mol. The number of hydrogen-bond acceptors (Lipinski definition) is 6. The van der Waals surface area contributed by atoms with E-state index in [1.54, 1.807) is 6.92 Å². The van der Waals surface area contributed by atoms with Crippen molar-refractivity contribution in [3.05, 3.63) is 59.6 Å². The summed E-state index contributed by atoms with van der Waals surface area (Å²) >= 11 is 0. The van der Waals surface area contributed by atoms with Gasteiger partial charge < -0.3 is 21.4 Å². The van der Waals surface area contributed by atoms with Crippen LogP contribution in [0.2, 0.25) is 0 Å². The highest BCUT2D eigenvalue weighted by molar-refractivity contribution is 6.04. The van der Waals surface area contributed by atoms with Gasteiger partial charge in [0.2, 0.25) is 0 Å². The normalized spacial score (nSPS) is 13.5. The maximum atomic E-state index is 7.94. The van der Waals surface area contributed by atoms with Crippen LogP contribution >= 0.6 is 0 Å². The Bertz CT molecular complexity index is 897. The monoisotopic (exact) mass is 348 g/mol. The second kappa shape index (κ2) is 7.00. The van der Waals surface area contributed by atoms with E-state index in [0.717, 1.165) is 22.5 Å². The third kappa shape index (κ3) is 3.18. The SMILES string of the molecule is C=C1c2ccccc2C=C(CNc2ncnc(N)c2C(C)=N)N1C(C)C. The summed E-state index contributed by atoms with van der Waals surface area (Å²) in [6.07, 6.45) is 3.58. The van der Waals surface area contributed by atoms with Crippen LogP contribution in [0.4, 0.5) is 11.6 Å². The molecular formula is C20H24N6. The Morgan fingerprint density at radius 3 is 2.73 bits per heavy atom. The van der Waals surface area contributed by atoms with Crippen LogP contribution in [0.5, 0.6) is 0 Å². The largest absolute Gasteiger partial charge is 0.383 e. The molecule has 0 bridgehead atoms. The zero-order valence-corrected chi connectivity index (χ0v) is 15.4. The predicted octanol–water partition coefficient (Wildman–Crippen LogP) is 3.59. The molecule has 0 spiro atoms. The van der Waals surface area contributed by atoms with Gasteiger partial charge >= 0.3 is 0 Å². The Kier molecular flexibility index (Phi) is 4.75. The molecule has 0 saturated carbocycles. The third-order valence-corrected chi connectivity index (χ3v) is 4.40.